The van der Waals surface area contributed by atoms with Crippen LogP contribution in [-0.2, 0) is 4.79 Å². The number of hydrogen-bond donors (Lipinski definition) is 0. The second-order valence-electron chi connectivity index (χ2n) is 4.21. The highest BCUT2D eigenvalue weighted by Gasteiger charge is 2.22. The molecule has 16 heavy (non-hydrogen) atoms. The standard InChI is InChI=1S/C13H15IO2/c14-11-6-8-12(9-7-11)16-13(15)10-4-2-1-3-5-10/h6-10H,1-5H2. The zero-order valence-electron chi connectivity index (χ0n) is 9.12. The van der Waals surface area contributed by atoms with Gasteiger partial charge in [0.15, 0.2) is 0 Å². The molecule has 0 heterocycles. The van der Waals surface area contributed by atoms with Crippen molar-refractivity contribution in [2.24, 2.45) is 5.92 Å². The van der Waals surface area contributed by atoms with Gasteiger partial charge >= 0.3 is 5.97 Å². The van der Waals surface area contributed by atoms with E-state index < -0.39 is 0 Å². The zero-order valence-corrected chi connectivity index (χ0v) is 11.3. The van der Waals surface area contributed by atoms with Gasteiger partial charge in [0.05, 0.1) is 5.92 Å². The van der Waals surface area contributed by atoms with Crippen LogP contribution in [0, 0.1) is 9.49 Å². The number of rotatable bonds is 2. The summed E-state index contributed by atoms with van der Waals surface area (Å²) in [4.78, 5) is 11.8. The normalized spacial score (nSPS) is 17.1. The summed E-state index contributed by atoms with van der Waals surface area (Å²) >= 11 is 2.23. The summed E-state index contributed by atoms with van der Waals surface area (Å²) in [6.07, 6.45) is 5.55. The number of halogens is 1. The molecule has 1 fully saturated rings. The fourth-order valence-corrected chi connectivity index (χ4v) is 2.40. The highest BCUT2D eigenvalue weighted by molar-refractivity contribution is 14.1. The van der Waals surface area contributed by atoms with Crippen LogP contribution in [0.1, 0.15) is 32.1 Å². The number of esters is 1. The lowest BCUT2D eigenvalue weighted by Crippen LogP contribution is -2.22. The van der Waals surface area contributed by atoms with Crippen LogP contribution in [0.2, 0.25) is 0 Å². The van der Waals surface area contributed by atoms with Gasteiger partial charge in [0.1, 0.15) is 5.75 Å². The molecular formula is C13H15IO2. The minimum Gasteiger partial charge on any atom is -0.426 e. The van der Waals surface area contributed by atoms with Gasteiger partial charge in [0.2, 0.25) is 0 Å². The zero-order chi connectivity index (χ0) is 11.4. The van der Waals surface area contributed by atoms with Crippen molar-refractivity contribution in [3.8, 4) is 5.75 Å². The predicted octanol–water partition coefficient (Wildman–Crippen LogP) is 3.78. The Bertz CT molecular complexity index is 353. The van der Waals surface area contributed by atoms with Crippen molar-refractivity contribution < 1.29 is 9.53 Å². The van der Waals surface area contributed by atoms with E-state index in [1.807, 2.05) is 24.3 Å². The average Bonchev–Trinajstić information content (AvgIpc) is 2.33. The van der Waals surface area contributed by atoms with E-state index in [1.54, 1.807) is 0 Å². The van der Waals surface area contributed by atoms with Crippen LogP contribution in [0.4, 0.5) is 0 Å². The minimum absolute atomic E-state index is 0.0547. The van der Waals surface area contributed by atoms with Crippen LogP contribution in [0.5, 0.6) is 5.75 Å². The third-order valence-electron chi connectivity index (χ3n) is 2.97. The molecule has 0 amide bonds. The topological polar surface area (TPSA) is 26.3 Å². The largest absolute Gasteiger partial charge is 0.426 e. The molecule has 0 aliphatic heterocycles. The molecule has 3 heteroatoms. The molecule has 1 aromatic rings. The van der Waals surface area contributed by atoms with Crippen molar-refractivity contribution in [1.29, 1.82) is 0 Å². The molecule has 1 aromatic carbocycles. The van der Waals surface area contributed by atoms with Crippen LogP contribution >= 0.6 is 22.6 Å². The molecule has 0 N–H and O–H groups in total. The Balaban J connectivity index is 1.93. The third kappa shape index (κ3) is 3.20. The van der Waals surface area contributed by atoms with Crippen molar-refractivity contribution in [3.05, 3.63) is 27.8 Å². The first kappa shape index (κ1) is 11.9. The second-order valence-corrected chi connectivity index (χ2v) is 5.46. The fourth-order valence-electron chi connectivity index (χ4n) is 2.04. The van der Waals surface area contributed by atoms with Gasteiger partial charge < -0.3 is 4.74 Å². The van der Waals surface area contributed by atoms with Crippen LogP contribution in [0.25, 0.3) is 0 Å². The maximum atomic E-state index is 11.8. The van der Waals surface area contributed by atoms with Crippen LogP contribution in [-0.4, -0.2) is 5.97 Å². The molecule has 0 spiro atoms. The first-order valence-electron chi connectivity index (χ1n) is 5.73. The summed E-state index contributed by atoms with van der Waals surface area (Å²) in [5, 5.41) is 0. The molecule has 0 atom stereocenters. The van der Waals surface area contributed by atoms with E-state index in [0.29, 0.717) is 5.75 Å². The van der Waals surface area contributed by atoms with E-state index in [1.165, 1.54) is 6.42 Å². The molecule has 2 nitrogen and oxygen atoms in total. The van der Waals surface area contributed by atoms with Gasteiger partial charge in [0.25, 0.3) is 0 Å². The lowest BCUT2D eigenvalue weighted by Gasteiger charge is -2.19. The number of carbonyl (C=O) groups is 1. The molecule has 0 bridgehead atoms. The van der Waals surface area contributed by atoms with Crippen molar-refractivity contribution in [2.75, 3.05) is 0 Å². The molecule has 0 saturated heterocycles. The molecule has 0 unspecified atom stereocenters. The molecule has 0 radical (unpaired) electrons. The van der Waals surface area contributed by atoms with Gasteiger partial charge in [-0.1, -0.05) is 19.3 Å². The van der Waals surface area contributed by atoms with Crippen molar-refractivity contribution in [1.82, 2.24) is 0 Å². The third-order valence-corrected chi connectivity index (χ3v) is 3.69. The number of carbonyl (C=O) groups excluding carboxylic acids is 1. The molecule has 1 aliphatic rings. The van der Waals surface area contributed by atoms with Gasteiger partial charge in [-0.15, -0.1) is 0 Å². The lowest BCUT2D eigenvalue weighted by molar-refractivity contribution is -0.139. The lowest BCUT2D eigenvalue weighted by atomic mass is 9.89. The number of hydrogen-bond acceptors (Lipinski definition) is 2. The Morgan fingerprint density at radius 3 is 2.38 bits per heavy atom. The van der Waals surface area contributed by atoms with Gasteiger partial charge in [-0.3, -0.25) is 4.79 Å². The van der Waals surface area contributed by atoms with Crippen LogP contribution in [0.3, 0.4) is 0 Å². The number of benzene rings is 1. The van der Waals surface area contributed by atoms with Crippen molar-refractivity contribution in [2.45, 2.75) is 32.1 Å². The fraction of sp³-hybridized carbons (Fsp3) is 0.462. The van der Waals surface area contributed by atoms with E-state index in [-0.39, 0.29) is 11.9 Å². The summed E-state index contributed by atoms with van der Waals surface area (Å²) in [6.45, 7) is 0. The van der Waals surface area contributed by atoms with Crippen molar-refractivity contribution >= 4 is 28.6 Å². The molecule has 1 aliphatic carbocycles. The van der Waals surface area contributed by atoms with E-state index in [9.17, 15) is 4.79 Å². The number of ether oxygens (including phenoxy) is 1. The quantitative estimate of drug-likeness (QED) is 0.469. The monoisotopic (exact) mass is 330 g/mol. The highest BCUT2D eigenvalue weighted by atomic mass is 127. The van der Waals surface area contributed by atoms with E-state index in [2.05, 4.69) is 22.6 Å². The first-order valence-corrected chi connectivity index (χ1v) is 6.81. The Morgan fingerprint density at radius 2 is 1.75 bits per heavy atom. The average molecular weight is 330 g/mol. The molecular weight excluding hydrogens is 315 g/mol. The summed E-state index contributed by atoms with van der Waals surface area (Å²) in [7, 11) is 0. The Kier molecular flexibility index (Phi) is 4.21. The summed E-state index contributed by atoms with van der Waals surface area (Å²) < 4.78 is 6.51. The molecule has 2 rings (SSSR count). The summed E-state index contributed by atoms with van der Waals surface area (Å²) in [5.74, 6) is 0.727. The maximum absolute atomic E-state index is 11.8. The van der Waals surface area contributed by atoms with E-state index in [0.717, 1.165) is 29.3 Å². The van der Waals surface area contributed by atoms with E-state index >= 15 is 0 Å². The Morgan fingerprint density at radius 1 is 1.12 bits per heavy atom. The molecule has 86 valence electrons. The second kappa shape index (κ2) is 5.66. The SMILES string of the molecule is O=C(Oc1ccc(I)cc1)C1CCCCC1. The molecule has 0 aromatic heterocycles. The van der Waals surface area contributed by atoms with Crippen molar-refractivity contribution in [3.63, 3.8) is 0 Å². The maximum Gasteiger partial charge on any atom is 0.314 e. The van der Waals surface area contributed by atoms with Crippen LogP contribution < -0.4 is 4.74 Å². The Hall–Kier alpha value is -0.580. The minimum atomic E-state index is -0.0547. The summed E-state index contributed by atoms with van der Waals surface area (Å²) in [5.41, 5.74) is 0. The van der Waals surface area contributed by atoms with Gasteiger partial charge in [0, 0.05) is 3.57 Å². The smallest absolute Gasteiger partial charge is 0.314 e. The summed E-state index contributed by atoms with van der Waals surface area (Å²) in [6, 6.07) is 7.60. The van der Waals surface area contributed by atoms with Gasteiger partial charge in [-0.25, -0.2) is 0 Å². The molecule has 1 saturated carbocycles. The highest BCUT2D eigenvalue weighted by Crippen LogP contribution is 2.25. The Labute approximate surface area is 110 Å². The van der Waals surface area contributed by atoms with Gasteiger partial charge in [-0.05, 0) is 59.7 Å². The van der Waals surface area contributed by atoms with Gasteiger partial charge in [-0.2, -0.15) is 0 Å². The predicted molar refractivity (Wildman–Crippen MR) is 71.4 cm³/mol. The van der Waals surface area contributed by atoms with Crippen LogP contribution in [0.15, 0.2) is 24.3 Å². The first-order chi connectivity index (χ1) is 7.75. The van der Waals surface area contributed by atoms with E-state index in [4.69, 9.17) is 4.74 Å².